The van der Waals surface area contributed by atoms with Crippen molar-refractivity contribution in [3.05, 3.63) is 176 Å². The molecule has 6 aromatic rings. The topological polar surface area (TPSA) is 341 Å². The van der Waals surface area contributed by atoms with E-state index in [2.05, 4.69) is 46.1 Å². The van der Waals surface area contributed by atoms with Gasteiger partial charge < -0.3 is 46.1 Å². The molecule has 0 radical (unpaired) electrons. The predicted octanol–water partition coefficient (Wildman–Crippen LogP) is 10.9. The third-order valence-corrected chi connectivity index (χ3v) is 21.3. The number of nitrogens with one attached hydrogen (secondary N) is 9. The molecule has 99 heavy (non-hydrogen) atoms. The first-order chi connectivity index (χ1) is 47.3. The van der Waals surface area contributed by atoms with Crippen molar-refractivity contribution < 1.29 is 68.2 Å². The number of hydrogen-bond acceptors (Lipinski definition) is 15. The molecule has 9 rings (SSSR count). The van der Waals surface area contributed by atoms with E-state index in [0.717, 1.165) is 113 Å². The number of carbonyl (C=O) groups excluding carboxylic acids is 6. The van der Waals surface area contributed by atoms with Gasteiger partial charge in [0.15, 0.2) is 0 Å². The summed E-state index contributed by atoms with van der Waals surface area (Å²) in [6.07, 6.45) is 16.3. The standard InChI is InChI=1S/3C23H28ClN3O5S/c3*1-32-21-12-9-17(24)15-20(21)22(28)25-14-13-16-7-10-19(11-8-16)33(30,31)27-23(29)26-18-5-3-2-4-6-18/h3*7-12,15,18H,2-6,13-14H2,1H3,(H,25,28)(H2,26,27,29). The number of halogens is 3. The lowest BCUT2D eigenvalue weighted by atomic mass is 9.96. The maximum atomic E-state index is 12.5. The Balaban J connectivity index is 0.000000209. The van der Waals surface area contributed by atoms with E-state index in [4.69, 9.17) is 49.0 Å². The molecule has 0 heterocycles. The van der Waals surface area contributed by atoms with Crippen LogP contribution in [0.1, 0.15) is 144 Å². The van der Waals surface area contributed by atoms with Crippen LogP contribution in [0, 0.1) is 0 Å². The van der Waals surface area contributed by atoms with Gasteiger partial charge in [-0.05, 0) is 165 Å². The lowest BCUT2D eigenvalue weighted by molar-refractivity contribution is 0.0942. The minimum atomic E-state index is -3.97. The van der Waals surface area contributed by atoms with E-state index >= 15 is 0 Å². The lowest BCUT2D eigenvalue weighted by Crippen LogP contribution is -2.45. The molecular weight excluding hydrogens is 1400 g/mol. The van der Waals surface area contributed by atoms with Gasteiger partial charge in [-0.2, -0.15) is 0 Å². The molecule has 0 aromatic heterocycles. The number of hydrogen-bond donors (Lipinski definition) is 9. The summed E-state index contributed by atoms with van der Waals surface area (Å²) in [5, 5.41) is 17.9. The highest BCUT2D eigenvalue weighted by Crippen LogP contribution is 2.27. The fourth-order valence-corrected chi connectivity index (χ4v) is 14.5. The van der Waals surface area contributed by atoms with Gasteiger partial charge in [0.2, 0.25) is 0 Å². The summed E-state index contributed by atoms with van der Waals surface area (Å²) in [6, 6.07) is 30.9. The van der Waals surface area contributed by atoms with Gasteiger partial charge in [0.05, 0.1) is 52.7 Å². The Kier molecular flexibility index (Phi) is 30.2. The molecule has 9 N–H and O–H groups in total. The van der Waals surface area contributed by atoms with E-state index < -0.39 is 48.2 Å². The van der Waals surface area contributed by atoms with E-state index in [1.165, 1.54) is 75.9 Å². The van der Waals surface area contributed by atoms with Crippen molar-refractivity contribution in [1.29, 1.82) is 0 Å². The largest absolute Gasteiger partial charge is 0.496 e. The quantitative estimate of drug-likeness (QED) is 0.0272. The van der Waals surface area contributed by atoms with Crippen molar-refractivity contribution in [3.8, 4) is 17.2 Å². The molecule has 3 saturated carbocycles. The van der Waals surface area contributed by atoms with Crippen molar-refractivity contribution >= 4 is 101 Å². The van der Waals surface area contributed by atoms with E-state index in [9.17, 15) is 54.0 Å². The molecule has 0 bridgehead atoms. The van der Waals surface area contributed by atoms with Gasteiger partial charge in [0.25, 0.3) is 47.8 Å². The fraction of sp³-hybridized carbons (Fsp3) is 0.391. The molecule has 6 aromatic carbocycles. The summed E-state index contributed by atoms with van der Waals surface area (Å²) in [7, 11) is -7.47. The van der Waals surface area contributed by atoms with E-state index in [-0.39, 0.29) is 50.5 Å². The van der Waals surface area contributed by atoms with Gasteiger partial charge in [-0.25, -0.2) is 53.8 Å². The number of amides is 9. The lowest BCUT2D eigenvalue weighted by Gasteiger charge is -2.22. The van der Waals surface area contributed by atoms with Gasteiger partial charge in [-0.1, -0.05) is 129 Å². The van der Waals surface area contributed by atoms with Crippen molar-refractivity contribution in [3.63, 3.8) is 0 Å². The van der Waals surface area contributed by atoms with Crippen LogP contribution in [0.3, 0.4) is 0 Å². The first-order valence-corrected chi connectivity index (χ1v) is 38.1. The van der Waals surface area contributed by atoms with Crippen LogP contribution in [0.25, 0.3) is 0 Å². The van der Waals surface area contributed by atoms with Crippen LogP contribution in [0.5, 0.6) is 17.2 Å². The second-order valence-electron chi connectivity index (χ2n) is 23.7. The Labute approximate surface area is 593 Å². The highest BCUT2D eigenvalue weighted by molar-refractivity contribution is 7.90. The summed E-state index contributed by atoms with van der Waals surface area (Å²) < 4.78 is 96.7. The molecule has 9 amide bonds. The van der Waals surface area contributed by atoms with E-state index in [1.807, 2.05) is 0 Å². The SMILES string of the molecule is COc1ccc(Cl)cc1C(=O)NCCc1ccc(S(=O)(=O)NC(=O)NC2CCCCC2)cc1.COc1ccc(Cl)cc1C(=O)NCCc1ccc(S(=O)(=O)NC(=O)NC2CCCCC2)cc1.COc1ccc(Cl)cc1C(=O)NCCc1ccc(S(=O)(=O)NC(=O)NC2CCCCC2)cc1. The molecule has 24 nitrogen and oxygen atoms in total. The highest BCUT2D eigenvalue weighted by Gasteiger charge is 2.26. The molecule has 0 atom stereocenters. The summed E-state index contributed by atoms with van der Waals surface area (Å²) in [4.78, 5) is 73.6. The fourth-order valence-electron chi connectivity index (χ4n) is 11.3. The van der Waals surface area contributed by atoms with Gasteiger partial charge in [-0.15, -0.1) is 0 Å². The molecule has 3 aliphatic rings. The smallest absolute Gasteiger partial charge is 0.328 e. The molecule has 0 saturated heterocycles. The highest BCUT2D eigenvalue weighted by atomic mass is 35.5. The van der Waals surface area contributed by atoms with Crippen LogP contribution in [0.15, 0.2) is 142 Å². The van der Waals surface area contributed by atoms with Crippen LogP contribution in [0.4, 0.5) is 14.4 Å². The summed E-state index contributed by atoms with van der Waals surface area (Å²) in [5.41, 5.74) is 3.51. The average molecular weight is 1480 g/mol. The van der Waals surface area contributed by atoms with Gasteiger partial charge in [0, 0.05) is 52.8 Å². The molecule has 3 fully saturated rings. The monoisotopic (exact) mass is 1480 g/mol. The average Bonchev–Trinajstić information content (AvgIpc) is 0.868. The Hall–Kier alpha value is -8.34. The van der Waals surface area contributed by atoms with Crippen LogP contribution >= 0.6 is 34.8 Å². The van der Waals surface area contributed by atoms with Gasteiger partial charge in [0.1, 0.15) is 17.2 Å². The van der Waals surface area contributed by atoms with Crippen molar-refractivity contribution in [1.82, 2.24) is 46.1 Å². The van der Waals surface area contributed by atoms with Gasteiger partial charge >= 0.3 is 18.1 Å². The summed E-state index contributed by atoms with van der Waals surface area (Å²) >= 11 is 17.9. The minimum absolute atomic E-state index is 0.00209. The van der Waals surface area contributed by atoms with Gasteiger partial charge in [-0.3, -0.25) is 14.4 Å². The molecule has 0 spiro atoms. The van der Waals surface area contributed by atoms with E-state index in [1.54, 1.807) is 72.8 Å². The molecule has 534 valence electrons. The van der Waals surface area contributed by atoms with Crippen molar-refractivity contribution in [2.75, 3.05) is 41.0 Å². The first-order valence-electron chi connectivity index (χ1n) is 32.5. The first kappa shape index (κ1) is 78.0. The second-order valence-corrected chi connectivity index (χ2v) is 30.1. The Morgan fingerprint density at radius 3 is 0.808 bits per heavy atom. The number of benzene rings is 6. The molecule has 3 aliphatic carbocycles. The molecule has 0 unspecified atom stereocenters. The number of methoxy groups -OCH3 is 3. The Bertz CT molecular complexity index is 3670. The number of urea groups is 3. The van der Waals surface area contributed by atoms with Crippen LogP contribution in [0.2, 0.25) is 15.1 Å². The number of ether oxygens (including phenoxy) is 3. The summed E-state index contributed by atoms with van der Waals surface area (Å²) in [6.45, 7) is 1.01. The molecule has 0 aliphatic heterocycles. The zero-order valence-electron chi connectivity index (χ0n) is 55.2. The Morgan fingerprint density at radius 1 is 0.354 bits per heavy atom. The van der Waals surface area contributed by atoms with Crippen molar-refractivity contribution in [2.24, 2.45) is 0 Å². The number of sulfonamides is 3. The van der Waals surface area contributed by atoms with Crippen LogP contribution in [-0.4, -0.2) is 120 Å². The third-order valence-electron chi connectivity index (χ3n) is 16.5. The maximum Gasteiger partial charge on any atom is 0.328 e. The zero-order valence-corrected chi connectivity index (χ0v) is 59.9. The van der Waals surface area contributed by atoms with E-state index in [0.29, 0.717) is 87.9 Å². The maximum absolute atomic E-state index is 12.5. The normalized spacial score (nSPS) is 14.4. The van der Waals surface area contributed by atoms with Crippen LogP contribution < -0.4 is 60.3 Å². The number of carbonyl (C=O) groups is 6. The van der Waals surface area contributed by atoms with Crippen LogP contribution in [-0.2, 0) is 49.3 Å². The summed E-state index contributed by atoms with van der Waals surface area (Å²) in [5.74, 6) is 0.314. The number of rotatable bonds is 24. The predicted molar refractivity (Wildman–Crippen MR) is 379 cm³/mol. The molecule has 30 heteroatoms. The second kappa shape index (κ2) is 38.3. The van der Waals surface area contributed by atoms with Crippen molar-refractivity contribution in [2.45, 2.75) is 148 Å². The molecular formula is C69H84Cl3N9O15S3. The third kappa shape index (κ3) is 25.1. The zero-order chi connectivity index (χ0) is 71.5. The minimum Gasteiger partial charge on any atom is -0.496 e. The Morgan fingerprint density at radius 2 is 0.586 bits per heavy atom.